The van der Waals surface area contributed by atoms with Crippen LogP contribution in [0.3, 0.4) is 0 Å². The van der Waals surface area contributed by atoms with E-state index >= 15 is 0 Å². The van der Waals surface area contributed by atoms with Crippen LogP contribution in [0, 0.1) is 5.82 Å². The van der Waals surface area contributed by atoms with Gasteiger partial charge in [-0.2, -0.15) is 0 Å². The van der Waals surface area contributed by atoms with E-state index in [0.29, 0.717) is 6.54 Å². The van der Waals surface area contributed by atoms with Crippen LogP contribution in [-0.4, -0.2) is 26.7 Å². The maximum Gasteiger partial charge on any atom is 0.308 e. The van der Waals surface area contributed by atoms with Crippen molar-refractivity contribution in [3.8, 4) is 5.75 Å². The lowest BCUT2D eigenvalue weighted by Gasteiger charge is -2.11. The Balaban J connectivity index is 2.65. The van der Waals surface area contributed by atoms with E-state index in [-0.39, 0.29) is 24.7 Å². The Kier molecular flexibility index (Phi) is 5.42. The normalized spacial score (nSPS) is 10.1. The van der Waals surface area contributed by atoms with Crippen LogP contribution >= 0.6 is 0 Å². The van der Waals surface area contributed by atoms with E-state index in [4.69, 9.17) is 4.74 Å². The topological polar surface area (TPSA) is 47.6 Å². The third-order valence-electron chi connectivity index (χ3n) is 2.20. The Morgan fingerprint density at radius 2 is 2.24 bits per heavy atom. The first kappa shape index (κ1) is 13.4. The number of rotatable bonds is 6. The van der Waals surface area contributed by atoms with E-state index in [1.165, 1.54) is 13.2 Å². The van der Waals surface area contributed by atoms with E-state index in [9.17, 15) is 9.18 Å². The lowest BCUT2D eigenvalue weighted by molar-refractivity contribution is -0.141. The Hall–Kier alpha value is -1.62. The number of para-hydroxylation sites is 1. The second-order valence-electron chi connectivity index (χ2n) is 3.43. The van der Waals surface area contributed by atoms with Crippen molar-refractivity contribution in [3.63, 3.8) is 0 Å². The second-order valence-corrected chi connectivity index (χ2v) is 3.43. The number of esters is 1. The Bertz CT molecular complexity index is 382. The van der Waals surface area contributed by atoms with Crippen molar-refractivity contribution in [1.82, 2.24) is 5.32 Å². The van der Waals surface area contributed by atoms with Gasteiger partial charge in [0.15, 0.2) is 11.6 Å². The summed E-state index contributed by atoms with van der Waals surface area (Å²) >= 11 is 0. The molecule has 1 aromatic carbocycles. The lowest BCUT2D eigenvalue weighted by Crippen LogP contribution is -2.12. The van der Waals surface area contributed by atoms with Crippen LogP contribution in [0.15, 0.2) is 18.2 Å². The summed E-state index contributed by atoms with van der Waals surface area (Å²) in [6.45, 7) is 0.607. The average Bonchev–Trinajstić information content (AvgIpc) is 2.32. The zero-order valence-corrected chi connectivity index (χ0v) is 9.96. The van der Waals surface area contributed by atoms with Gasteiger partial charge in [-0.3, -0.25) is 4.79 Å². The van der Waals surface area contributed by atoms with Crippen molar-refractivity contribution < 1.29 is 18.7 Å². The van der Waals surface area contributed by atoms with E-state index in [2.05, 4.69) is 10.1 Å². The molecule has 0 radical (unpaired) electrons. The van der Waals surface area contributed by atoms with Crippen LogP contribution in [0.25, 0.3) is 0 Å². The van der Waals surface area contributed by atoms with Gasteiger partial charge in [0.1, 0.15) is 0 Å². The predicted octanol–water partition coefficient (Wildman–Crippen LogP) is 1.49. The lowest BCUT2D eigenvalue weighted by atomic mass is 10.2. The molecule has 0 aliphatic rings. The number of carbonyl (C=O) groups is 1. The van der Waals surface area contributed by atoms with E-state index in [1.807, 2.05) is 0 Å². The predicted molar refractivity (Wildman–Crippen MR) is 61.3 cm³/mol. The minimum absolute atomic E-state index is 0.101. The van der Waals surface area contributed by atoms with Crippen LogP contribution in [0.5, 0.6) is 5.75 Å². The van der Waals surface area contributed by atoms with Gasteiger partial charge in [0.05, 0.1) is 20.1 Å². The first-order valence-electron chi connectivity index (χ1n) is 5.30. The van der Waals surface area contributed by atoms with Crippen LogP contribution in [0.1, 0.15) is 12.0 Å². The van der Waals surface area contributed by atoms with Crippen LogP contribution in [0.4, 0.5) is 4.39 Å². The van der Waals surface area contributed by atoms with Crippen molar-refractivity contribution >= 4 is 5.97 Å². The molecule has 0 amide bonds. The monoisotopic (exact) mass is 241 g/mol. The number of ether oxygens (including phenoxy) is 2. The zero-order valence-electron chi connectivity index (χ0n) is 9.96. The Labute approximate surface area is 99.7 Å². The van der Waals surface area contributed by atoms with Crippen LogP contribution in [0.2, 0.25) is 0 Å². The minimum Gasteiger partial charge on any atom is -0.490 e. The number of carbonyl (C=O) groups excluding carboxylic acids is 1. The number of halogens is 1. The summed E-state index contributed by atoms with van der Waals surface area (Å²) in [5, 5.41) is 2.92. The number of methoxy groups -OCH3 is 1. The molecule has 5 heteroatoms. The van der Waals surface area contributed by atoms with E-state index < -0.39 is 5.82 Å². The molecule has 0 saturated carbocycles. The fourth-order valence-electron chi connectivity index (χ4n) is 1.38. The van der Waals surface area contributed by atoms with Crippen LogP contribution in [-0.2, 0) is 16.1 Å². The van der Waals surface area contributed by atoms with Gasteiger partial charge < -0.3 is 14.8 Å². The zero-order chi connectivity index (χ0) is 12.7. The first-order chi connectivity index (χ1) is 8.19. The van der Waals surface area contributed by atoms with Crippen molar-refractivity contribution in [1.29, 1.82) is 0 Å². The van der Waals surface area contributed by atoms with Gasteiger partial charge in [-0.1, -0.05) is 12.1 Å². The number of hydrogen-bond acceptors (Lipinski definition) is 4. The molecule has 4 nitrogen and oxygen atoms in total. The highest BCUT2D eigenvalue weighted by molar-refractivity contribution is 5.69. The van der Waals surface area contributed by atoms with Gasteiger partial charge in [0, 0.05) is 12.1 Å². The first-order valence-corrected chi connectivity index (χ1v) is 5.30. The highest BCUT2D eigenvalue weighted by Crippen LogP contribution is 2.22. The van der Waals surface area contributed by atoms with E-state index in [1.54, 1.807) is 19.2 Å². The molecule has 0 aromatic heterocycles. The van der Waals surface area contributed by atoms with Crippen molar-refractivity contribution in [3.05, 3.63) is 29.6 Å². The molecule has 1 aromatic rings. The fraction of sp³-hybridized carbons (Fsp3) is 0.417. The number of benzene rings is 1. The summed E-state index contributed by atoms with van der Waals surface area (Å²) in [4.78, 5) is 10.9. The molecule has 0 fully saturated rings. The summed E-state index contributed by atoms with van der Waals surface area (Å²) in [7, 11) is 3.07. The SMILES string of the molecule is CNCc1cccc(F)c1OCCC(=O)OC. The summed E-state index contributed by atoms with van der Waals surface area (Å²) in [6, 6.07) is 4.72. The molecular weight excluding hydrogens is 225 g/mol. The average molecular weight is 241 g/mol. The van der Waals surface area contributed by atoms with Gasteiger partial charge in [-0.15, -0.1) is 0 Å². The van der Waals surface area contributed by atoms with Crippen molar-refractivity contribution in [2.24, 2.45) is 0 Å². The molecule has 0 aliphatic heterocycles. The molecule has 17 heavy (non-hydrogen) atoms. The van der Waals surface area contributed by atoms with Crippen LogP contribution < -0.4 is 10.1 Å². The standard InChI is InChI=1S/C12H16FNO3/c1-14-8-9-4-3-5-10(13)12(9)17-7-6-11(15)16-2/h3-5,14H,6-8H2,1-2H3. The molecule has 94 valence electrons. The molecule has 1 N–H and O–H groups in total. The Morgan fingerprint density at radius 1 is 1.47 bits per heavy atom. The number of hydrogen-bond donors (Lipinski definition) is 1. The van der Waals surface area contributed by atoms with Gasteiger partial charge >= 0.3 is 5.97 Å². The highest BCUT2D eigenvalue weighted by Gasteiger charge is 2.10. The molecule has 0 aliphatic carbocycles. The molecule has 0 heterocycles. The van der Waals surface area contributed by atoms with Gasteiger partial charge in [0.2, 0.25) is 0 Å². The molecule has 0 spiro atoms. The smallest absolute Gasteiger partial charge is 0.308 e. The Morgan fingerprint density at radius 3 is 2.88 bits per heavy atom. The van der Waals surface area contributed by atoms with Gasteiger partial charge in [-0.25, -0.2) is 4.39 Å². The van der Waals surface area contributed by atoms with Gasteiger partial charge in [-0.05, 0) is 13.1 Å². The molecule has 0 unspecified atom stereocenters. The summed E-state index contributed by atoms with van der Waals surface area (Å²) < 4.78 is 23.3. The molecule has 0 atom stereocenters. The summed E-state index contributed by atoms with van der Waals surface area (Å²) in [6.07, 6.45) is 0.101. The largest absolute Gasteiger partial charge is 0.490 e. The maximum atomic E-state index is 13.5. The third-order valence-corrected chi connectivity index (χ3v) is 2.20. The van der Waals surface area contributed by atoms with E-state index in [0.717, 1.165) is 5.56 Å². The molecular formula is C12H16FNO3. The number of nitrogens with one attached hydrogen (secondary N) is 1. The fourth-order valence-corrected chi connectivity index (χ4v) is 1.38. The molecule has 1 rings (SSSR count). The second kappa shape index (κ2) is 6.85. The van der Waals surface area contributed by atoms with Crippen molar-refractivity contribution in [2.75, 3.05) is 20.8 Å². The van der Waals surface area contributed by atoms with Crippen molar-refractivity contribution in [2.45, 2.75) is 13.0 Å². The highest BCUT2D eigenvalue weighted by atomic mass is 19.1. The quantitative estimate of drug-likeness (QED) is 0.766. The van der Waals surface area contributed by atoms with Gasteiger partial charge in [0.25, 0.3) is 0 Å². The third kappa shape index (κ3) is 4.03. The summed E-state index contributed by atoms with van der Waals surface area (Å²) in [5.41, 5.74) is 0.720. The maximum absolute atomic E-state index is 13.5. The molecule has 0 bridgehead atoms. The summed E-state index contributed by atoms with van der Waals surface area (Å²) in [5.74, 6) is -0.620. The minimum atomic E-state index is -0.428. The molecule has 0 saturated heterocycles.